The first-order chi connectivity index (χ1) is 11.5. The van der Waals surface area contributed by atoms with Crippen LogP contribution < -0.4 is 16.4 Å². The third kappa shape index (κ3) is 5.39. The van der Waals surface area contributed by atoms with Crippen LogP contribution in [0, 0.1) is 5.41 Å². The van der Waals surface area contributed by atoms with Crippen molar-refractivity contribution in [1.29, 1.82) is 5.41 Å². The van der Waals surface area contributed by atoms with Gasteiger partial charge in [-0.1, -0.05) is 0 Å². The molecule has 0 aromatic carbocycles. The van der Waals surface area contributed by atoms with Crippen molar-refractivity contribution in [3.05, 3.63) is 11.6 Å². The zero-order valence-corrected chi connectivity index (χ0v) is 14.5. The number of hydrogen-bond acceptors (Lipinski definition) is 8. The molecular weight excluding hydrogens is 359 g/mol. The maximum atomic E-state index is 12.1. The minimum Gasteiger partial charge on any atom is -0.478 e. The highest BCUT2D eigenvalue weighted by molar-refractivity contribution is 7.57. The van der Waals surface area contributed by atoms with Gasteiger partial charge in [-0.3, -0.25) is 14.8 Å². The summed E-state index contributed by atoms with van der Waals surface area (Å²) in [6, 6.07) is -2.12. The number of nitrogens with two attached hydrogens (primary N) is 1. The lowest BCUT2D eigenvalue weighted by Gasteiger charge is -2.41. The summed E-state index contributed by atoms with van der Waals surface area (Å²) in [6.07, 6.45) is -3.75. The minimum absolute atomic E-state index is 0.515. The van der Waals surface area contributed by atoms with Crippen LogP contribution in [0.4, 0.5) is 0 Å². The van der Waals surface area contributed by atoms with Crippen molar-refractivity contribution in [3.8, 4) is 0 Å². The zero-order chi connectivity index (χ0) is 19.4. The first-order valence-electron chi connectivity index (χ1n) is 7.15. The van der Waals surface area contributed by atoms with Crippen molar-refractivity contribution in [1.82, 2.24) is 10.6 Å². The van der Waals surface area contributed by atoms with Gasteiger partial charge in [0.1, 0.15) is 18.3 Å². The van der Waals surface area contributed by atoms with Gasteiger partial charge in [-0.25, -0.2) is 0 Å². The SMILES string of the molecule is COP(=O)(O)C1=C[C@H](NC(=N)N)[C@@H](NC(C)=O)[C@H]([C@H](O)[C@H](O)CO)O1. The number of guanidine groups is 1. The highest BCUT2D eigenvalue weighted by Gasteiger charge is 2.46. The molecule has 0 aromatic heterocycles. The molecule has 1 aliphatic heterocycles. The molecule has 0 aromatic rings. The Labute approximate surface area is 143 Å². The number of hydrogen-bond donors (Lipinski definition) is 8. The van der Waals surface area contributed by atoms with Gasteiger partial charge in [0.2, 0.25) is 11.4 Å². The Balaban J connectivity index is 3.35. The number of carbonyl (C=O) groups is 1. The normalized spacial score (nSPS) is 27.9. The van der Waals surface area contributed by atoms with Crippen LogP contribution in [0.1, 0.15) is 6.92 Å². The molecule has 144 valence electrons. The molecule has 9 N–H and O–H groups in total. The summed E-state index contributed by atoms with van der Waals surface area (Å²) in [5.74, 6) is -1.05. The van der Waals surface area contributed by atoms with E-state index in [-0.39, 0.29) is 0 Å². The molecule has 1 heterocycles. The van der Waals surface area contributed by atoms with Crippen molar-refractivity contribution < 1.29 is 38.8 Å². The number of aliphatic hydroxyl groups is 3. The van der Waals surface area contributed by atoms with Gasteiger partial charge in [0.25, 0.3) is 0 Å². The summed E-state index contributed by atoms with van der Waals surface area (Å²) >= 11 is 0. The lowest BCUT2D eigenvalue weighted by atomic mass is 9.93. The predicted molar refractivity (Wildman–Crippen MR) is 85.3 cm³/mol. The number of nitrogens with one attached hydrogen (secondary N) is 3. The van der Waals surface area contributed by atoms with Gasteiger partial charge in [-0.2, -0.15) is 0 Å². The molecular formula is C12H23N4O8P. The molecule has 1 aliphatic rings. The molecule has 12 nitrogen and oxygen atoms in total. The fourth-order valence-corrected chi connectivity index (χ4v) is 3.07. The van der Waals surface area contributed by atoms with E-state index in [0.717, 1.165) is 13.2 Å². The van der Waals surface area contributed by atoms with Crippen LogP contribution in [0.2, 0.25) is 0 Å². The molecule has 1 rings (SSSR count). The highest BCUT2D eigenvalue weighted by Crippen LogP contribution is 2.52. The first-order valence-corrected chi connectivity index (χ1v) is 8.73. The molecule has 13 heteroatoms. The lowest BCUT2D eigenvalue weighted by molar-refractivity contribution is -0.126. The number of ether oxygens (including phenoxy) is 1. The zero-order valence-electron chi connectivity index (χ0n) is 13.6. The van der Waals surface area contributed by atoms with Crippen LogP contribution in [-0.2, 0) is 18.6 Å². The Morgan fingerprint density at radius 1 is 1.52 bits per heavy atom. The van der Waals surface area contributed by atoms with Crippen LogP contribution in [0.25, 0.3) is 0 Å². The summed E-state index contributed by atoms with van der Waals surface area (Å²) in [6.45, 7) is 0.362. The second-order valence-corrected chi connectivity index (χ2v) is 7.19. The van der Waals surface area contributed by atoms with E-state index in [0.29, 0.717) is 0 Å². The molecule has 6 atom stereocenters. The van der Waals surface area contributed by atoms with E-state index < -0.39 is 62.0 Å². The van der Waals surface area contributed by atoms with Gasteiger partial charge in [-0.15, -0.1) is 0 Å². The van der Waals surface area contributed by atoms with Crippen molar-refractivity contribution >= 4 is 19.5 Å². The Morgan fingerprint density at radius 2 is 2.12 bits per heavy atom. The smallest absolute Gasteiger partial charge is 0.392 e. The Hall–Kier alpha value is -1.69. The molecule has 25 heavy (non-hydrogen) atoms. The van der Waals surface area contributed by atoms with E-state index in [1.54, 1.807) is 0 Å². The molecule has 0 spiro atoms. The Kier molecular flexibility index (Phi) is 7.35. The number of amides is 1. The molecule has 0 bridgehead atoms. The number of aliphatic hydroxyl groups excluding tert-OH is 3. The van der Waals surface area contributed by atoms with E-state index in [1.807, 2.05) is 0 Å². The summed E-state index contributed by atoms with van der Waals surface area (Å²) < 4.78 is 21.8. The quantitative estimate of drug-likeness (QED) is 0.128. The fraction of sp³-hybridized carbons (Fsp3) is 0.667. The van der Waals surface area contributed by atoms with Crippen molar-refractivity contribution in [2.45, 2.75) is 37.3 Å². The third-order valence-corrected chi connectivity index (χ3v) is 4.76. The average Bonchev–Trinajstić information content (AvgIpc) is 2.53. The van der Waals surface area contributed by atoms with Crippen LogP contribution in [0.15, 0.2) is 11.6 Å². The van der Waals surface area contributed by atoms with Crippen molar-refractivity contribution in [2.75, 3.05) is 13.7 Å². The molecule has 1 unspecified atom stereocenters. The summed E-state index contributed by atoms with van der Waals surface area (Å²) in [4.78, 5) is 21.3. The third-order valence-electron chi connectivity index (χ3n) is 3.46. The first kappa shape index (κ1) is 21.4. The number of carbonyl (C=O) groups excluding carboxylic acids is 1. The van der Waals surface area contributed by atoms with E-state index in [9.17, 15) is 24.5 Å². The molecule has 0 fully saturated rings. The van der Waals surface area contributed by atoms with Crippen molar-refractivity contribution in [3.63, 3.8) is 0 Å². The van der Waals surface area contributed by atoms with Crippen molar-refractivity contribution in [2.24, 2.45) is 5.73 Å². The summed E-state index contributed by atoms with van der Waals surface area (Å²) in [5, 5.41) is 41.1. The lowest BCUT2D eigenvalue weighted by Crippen LogP contribution is -2.63. The molecule has 0 saturated carbocycles. The molecule has 0 aliphatic carbocycles. The standard InChI is InChI=1S/C12H23N4O8P/c1-5(18)15-9-6(16-12(13)14)3-8(25(21,22)23-2)24-11(9)10(20)7(19)4-17/h3,6-7,9-11,17,19-20H,4H2,1-2H3,(H,15,18)(H,21,22)(H4,13,14,16)/t6-,7+,9+,10+,11+/m0/s1. The Bertz CT molecular complexity index is 585. The van der Waals surface area contributed by atoms with Crippen LogP contribution in [0.3, 0.4) is 0 Å². The predicted octanol–water partition coefficient (Wildman–Crippen LogP) is -2.87. The second kappa shape index (κ2) is 8.61. The van der Waals surface area contributed by atoms with Gasteiger partial charge in [0, 0.05) is 14.0 Å². The molecule has 0 saturated heterocycles. The van der Waals surface area contributed by atoms with E-state index in [2.05, 4.69) is 15.2 Å². The summed E-state index contributed by atoms with van der Waals surface area (Å²) in [7, 11) is -3.42. The largest absolute Gasteiger partial charge is 0.478 e. The Morgan fingerprint density at radius 3 is 2.56 bits per heavy atom. The topological polar surface area (TPSA) is 207 Å². The van der Waals surface area contributed by atoms with Gasteiger partial charge in [0.05, 0.1) is 18.7 Å². The van der Waals surface area contributed by atoms with Crippen LogP contribution in [0.5, 0.6) is 0 Å². The second-order valence-electron chi connectivity index (χ2n) is 5.34. The summed E-state index contributed by atoms with van der Waals surface area (Å²) in [5.41, 5.74) is 4.72. The molecule has 0 radical (unpaired) electrons. The van der Waals surface area contributed by atoms with Gasteiger partial charge < -0.3 is 45.8 Å². The van der Waals surface area contributed by atoms with E-state index >= 15 is 0 Å². The van der Waals surface area contributed by atoms with Crippen LogP contribution in [-0.4, -0.2) is 76.2 Å². The fourth-order valence-electron chi connectivity index (χ4n) is 2.29. The maximum absolute atomic E-state index is 12.1. The van der Waals surface area contributed by atoms with Gasteiger partial charge >= 0.3 is 7.60 Å². The average molecular weight is 382 g/mol. The monoisotopic (exact) mass is 382 g/mol. The highest BCUT2D eigenvalue weighted by atomic mass is 31.2. The molecule has 1 amide bonds. The van der Waals surface area contributed by atoms with Gasteiger partial charge in [-0.05, 0) is 6.08 Å². The van der Waals surface area contributed by atoms with E-state index in [1.165, 1.54) is 6.92 Å². The minimum atomic E-state index is -4.39. The van der Waals surface area contributed by atoms with Gasteiger partial charge in [0.15, 0.2) is 5.96 Å². The maximum Gasteiger partial charge on any atom is 0.392 e. The number of rotatable bonds is 7. The van der Waals surface area contributed by atoms with Crippen LogP contribution >= 0.6 is 7.60 Å². The van der Waals surface area contributed by atoms with E-state index in [4.69, 9.17) is 21.0 Å².